The van der Waals surface area contributed by atoms with Crippen LogP contribution in [0, 0.1) is 6.92 Å². The van der Waals surface area contributed by atoms with Crippen molar-refractivity contribution in [2.75, 3.05) is 39.9 Å². The van der Waals surface area contributed by atoms with Crippen LogP contribution in [0.3, 0.4) is 0 Å². The molecule has 0 saturated heterocycles. The fourth-order valence-corrected chi connectivity index (χ4v) is 5.73. The van der Waals surface area contributed by atoms with E-state index in [1.165, 1.54) is 6.92 Å². The summed E-state index contributed by atoms with van der Waals surface area (Å²) in [6, 6.07) is 10.8. The topological polar surface area (TPSA) is 69.7 Å². The second-order valence-corrected chi connectivity index (χ2v) is 10.1. The van der Waals surface area contributed by atoms with Crippen LogP contribution < -0.4 is 14.5 Å². The maximum absolute atomic E-state index is 13.1. The van der Waals surface area contributed by atoms with Gasteiger partial charge in [0.1, 0.15) is 0 Å². The molecule has 6 nitrogen and oxygen atoms in total. The lowest BCUT2D eigenvalue weighted by atomic mass is 10.1. The van der Waals surface area contributed by atoms with Crippen molar-refractivity contribution in [2.24, 2.45) is 0 Å². The molecule has 0 aromatic heterocycles. The average molecular weight is 448 g/mol. The maximum Gasteiger partial charge on any atom is 0.261 e. The Hall–Kier alpha value is -2.19. The first kappa shape index (κ1) is 22.5. The molecule has 3 rings (SSSR count). The molecule has 2 aromatic carbocycles. The molecule has 1 aliphatic heterocycles. The van der Waals surface area contributed by atoms with Crippen LogP contribution in [0.4, 0.5) is 17.1 Å². The van der Waals surface area contributed by atoms with E-state index in [0.29, 0.717) is 17.9 Å². The smallest absolute Gasteiger partial charge is 0.261 e. The second kappa shape index (κ2) is 9.31. The number of thioether (sulfide) groups is 1. The molecule has 8 heteroatoms. The monoisotopic (exact) mass is 447 g/mol. The summed E-state index contributed by atoms with van der Waals surface area (Å²) in [6.07, 6.45) is 0.872. The first-order valence-electron chi connectivity index (χ1n) is 10.2. The Labute approximate surface area is 183 Å². The molecule has 0 fully saturated rings. The minimum Gasteiger partial charge on any atom is -0.372 e. The van der Waals surface area contributed by atoms with Gasteiger partial charge >= 0.3 is 0 Å². The first-order chi connectivity index (χ1) is 14.3. The molecule has 1 N–H and O–H groups in total. The first-order valence-corrected chi connectivity index (χ1v) is 12.7. The summed E-state index contributed by atoms with van der Waals surface area (Å²) in [5.41, 5.74) is 3.15. The highest BCUT2D eigenvalue weighted by Crippen LogP contribution is 2.36. The fraction of sp³-hybridized carbons (Fsp3) is 0.409. The van der Waals surface area contributed by atoms with Crippen LogP contribution in [0.15, 0.2) is 46.2 Å². The highest BCUT2D eigenvalue weighted by molar-refractivity contribution is 7.99. The van der Waals surface area contributed by atoms with Gasteiger partial charge in [0, 0.05) is 37.1 Å². The van der Waals surface area contributed by atoms with Crippen molar-refractivity contribution < 1.29 is 13.2 Å². The van der Waals surface area contributed by atoms with Crippen molar-refractivity contribution in [1.29, 1.82) is 0 Å². The maximum atomic E-state index is 13.1. The number of nitrogens with one attached hydrogen (secondary N) is 1. The molecule has 0 spiro atoms. The zero-order valence-electron chi connectivity index (χ0n) is 17.9. The van der Waals surface area contributed by atoms with Gasteiger partial charge in [-0.2, -0.15) is 0 Å². The van der Waals surface area contributed by atoms with E-state index in [2.05, 4.69) is 23.5 Å². The summed E-state index contributed by atoms with van der Waals surface area (Å²) in [6.45, 7) is 9.97. The third-order valence-electron chi connectivity index (χ3n) is 5.28. The van der Waals surface area contributed by atoms with E-state index < -0.39 is 10.0 Å². The lowest BCUT2D eigenvalue weighted by Crippen LogP contribution is -2.29. The molecule has 0 bridgehead atoms. The van der Waals surface area contributed by atoms with Crippen LogP contribution in [0.1, 0.15) is 32.8 Å². The summed E-state index contributed by atoms with van der Waals surface area (Å²) in [7, 11) is -3.79. The number of benzene rings is 2. The van der Waals surface area contributed by atoms with Crippen LogP contribution in [-0.4, -0.2) is 39.7 Å². The van der Waals surface area contributed by atoms with Gasteiger partial charge in [0.25, 0.3) is 10.0 Å². The van der Waals surface area contributed by atoms with Gasteiger partial charge in [0.15, 0.2) is 0 Å². The van der Waals surface area contributed by atoms with Crippen LogP contribution in [-0.2, 0) is 14.8 Å². The van der Waals surface area contributed by atoms with E-state index >= 15 is 0 Å². The Morgan fingerprint density at radius 3 is 2.53 bits per heavy atom. The van der Waals surface area contributed by atoms with E-state index in [9.17, 15) is 13.2 Å². The van der Waals surface area contributed by atoms with E-state index in [-0.39, 0.29) is 10.8 Å². The molecule has 1 heterocycles. The number of amides is 1. The Bertz CT molecular complexity index is 1030. The molecule has 0 atom stereocenters. The molecular weight excluding hydrogens is 418 g/mol. The average Bonchev–Trinajstić information content (AvgIpc) is 2.93. The second-order valence-electron chi connectivity index (χ2n) is 7.28. The highest BCUT2D eigenvalue weighted by Gasteiger charge is 2.23. The molecule has 0 saturated carbocycles. The number of nitrogens with zero attached hydrogens (tertiary/aromatic N) is 2. The SMILES string of the molecule is CCN(CC)c1ccc(NS(=O)(=O)c2ccc3c(c2)N(C(C)=O)CCCS3)c(C)c1. The van der Waals surface area contributed by atoms with Crippen molar-refractivity contribution >= 4 is 44.8 Å². The number of anilines is 3. The fourth-order valence-electron chi connectivity index (χ4n) is 3.60. The molecule has 1 aliphatic rings. The van der Waals surface area contributed by atoms with Crippen LogP contribution in [0.25, 0.3) is 0 Å². The van der Waals surface area contributed by atoms with Crippen LogP contribution >= 0.6 is 11.8 Å². The standard InChI is InChI=1S/C22H29N3O3S2/c1-5-24(6-2)18-8-10-20(16(3)14-18)23-30(27,28)19-9-11-22-21(15-19)25(17(4)26)12-7-13-29-22/h8-11,14-15,23H,5-7,12-13H2,1-4H3. The number of aryl methyl sites for hydroxylation is 1. The molecule has 2 aromatic rings. The molecule has 1 amide bonds. The number of sulfonamides is 1. The van der Waals surface area contributed by atoms with Gasteiger partial charge < -0.3 is 9.80 Å². The number of hydrogen-bond donors (Lipinski definition) is 1. The quantitative estimate of drug-likeness (QED) is 0.706. The third kappa shape index (κ3) is 4.75. The van der Waals surface area contributed by atoms with Gasteiger partial charge in [0.2, 0.25) is 5.91 Å². The predicted octanol–water partition coefficient (Wildman–Crippen LogP) is 4.49. The molecule has 0 radical (unpaired) electrons. The predicted molar refractivity (Wildman–Crippen MR) is 125 cm³/mol. The number of rotatable bonds is 6. The Balaban J connectivity index is 1.92. The van der Waals surface area contributed by atoms with Gasteiger partial charge in [-0.3, -0.25) is 9.52 Å². The van der Waals surface area contributed by atoms with Gasteiger partial charge in [-0.05, 0) is 74.9 Å². The summed E-state index contributed by atoms with van der Waals surface area (Å²) < 4.78 is 28.9. The normalized spacial score (nSPS) is 14.1. The lowest BCUT2D eigenvalue weighted by Gasteiger charge is -2.23. The van der Waals surface area contributed by atoms with E-state index in [1.807, 2.05) is 25.1 Å². The molecular formula is C22H29N3O3S2. The van der Waals surface area contributed by atoms with Gasteiger partial charge in [-0.25, -0.2) is 8.42 Å². The molecule has 162 valence electrons. The van der Waals surface area contributed by atoms with Crippen molar-refractivity contribution in [3.8, 4) is 0 Å². The Morgan fingerprint density at radius 1 is 1.17 bits per heavy atom. The number of fused-ring (bicyclic) bond motifs is 1. The van der Waals surface area contributed by atoms with Crippen LogP contribution in [0.2, 0.25) is 0 Å². The number of hydrogen-bond acceptors (Lipinski definition) is 5. The summed E-state index contributed by atoms with van der Waals surface area (Å²) >= 11 is 1.65. The summed E-state index contributed by atoms with van der Waals surface area (Å²) in [5.74, 6) is 0.822. The van der Waals surface area contributed by atoms with E-state index in [0.717, 1.165) is 41.4 Å². The summed E-state index contributed by atoms with van der Waals surface area (Å²) in [4.78, 5) is 17.1. The number of carbonyl (C=O) groups is 1. The minimum absolute atomic E-state index is 0.0795. The van der Waals surface area contributed by atoms with Gasteiger partial charge in [0.05, 0.1) is 16.3 Å². The zero-order chi connectivity index (χ0) is 21.9. The Morgan fingerprint density at radius 2 is 1.90 bits per heavy atom. The van der Waals surface area contributed by atoms with Gasteiger partial charge in [-0.15, -0.1) is 11.8 Å². The van der Waals surface area contributed by atoms with Crippen molar-refractivity contribution in [3.63, 3.8) is 0 Å². The number of carbonyl (C=O) groups excluding carboxylic acids is 1. The third-order valence-corrected chi connectivity index (χ3v) is 7.79. The largest absolute Gasteiger partial charge is 0.372 e. The molecule has 0 aliphatic carbocycles. The minimum atomic E-state index is -3.79. The zero-order valence-corrected chi connectivity index (χ0v) is 19.6. The Kier molecular flexibility index (Phi) is 6.98. The van der Waals surface area contributed by atoms with E-state index in [4.69, 9.17) is 0 Å². The summed E-state index contributed by atoms with van der Waals surface area (Å²) in [5, 5.41) is 0. The highest BCUT2D eigenvalue weighted by atomic mass is 32.2. The van der Waals surface area contributed by atoms with Crippen LogP contribution in [0.5, 0.6) is 0 Å². The van der Waals surface area contributed by atoms with Crippen molar-refractivity contribution in [2.45, 2.75) is 43.9 Å². The van der Waals surface area contributed by atoms with Crippen molar-refractivity contribution in [1.82, 2.24) is 0 Å². The molecule has 30 heavy (non-hydrogen) atoms. The lowest BCUT2D eigenvalue weighted by molar-refractivity contribution is -0.116. The molecule has 0 unspecified atom stereocenters. The van der Waals surface area contributed by atoms with E-state index in [1.54, 1.807) is 34.9 Å². The van der Waals surface area contributed by atoms with Gasteiger partial charge in [-0.1, -0.05) is 0 Å². The van der Waals surface area contributed by atoms with Crippen molar-refractivity contribution in [3.05, 3.63) is 42.0 Å².